The molecule has 4 rings (SSSR count). The van der Waals surface area contributed by atoms with E-state index >= 15 is 0 Å². The molecule has 2 atom stereocenters. The predicted molar refractivity (Wildman–Crippen MR) is 106 cm³/mol. The van der Waals surface area contributed by atoms with E-state index in [2.05, 4.69) is 11.9 Å². The Hall–Kier alpha value is -3.46. The molecule has 1 amide bonds. The number of hydrogen-bond acceptors (Lipinski definition) is 2. The van der Waals surface area contributed by atoms with Crippen LogP contribution in [0, 0.1) is 0 Å². The molecule has 27 heavy (non-hydrogen) atoms. The number of benzene rings is 3. The molecule has 3 aromatic carbocycles. The second kappa shape index (κ2) is 6.69. The zero-order valence-electron chi connectivity index (χ0n) is 14.8. The third-order valence-electron chi connectivity index (χ3n) is 5.18. The van der Waals surface area contributed by atoms with Gasteiger partial charge in [-0.15, -0.1) is 6.58 Å². The second-order valence-electron chi connectivity index (χ2n) is 6.62. The van der Waals surface area contributed by atoms with Crippen molar-refractivity contribution in [3.8, 4) is 0 Å². The number of carbonyl (C=O) groups excluding carboxylic acids is 2. The summed E-state index contributed by atoms with van der Waals surface area (Å²) in [5, 5.41) is 3.06. The van der Waals surface area contributed by atoms with Gasteiger partial charge in [0.25, 0.3) is 5.91 Å². The number of carbonyl (C=O) groups is 2. The van der Waals surface area contributed by atoms with E-state index in [4.69, 9.17) is 0 Å². The summed E-state index contributed by atoms with van der Waals surface area (Å²) in [7, 11) is 0. The van der Waals surface area contributed by atoms with E-state index in [1.165, 1.54) is 0 Å². The molecule has 3 aromatic rings. The number of rotatable bonds is 4. The molecule has 0 bridgehead atoms. The van der Waals surface area contributed by atoms with Gasteiger partial charge in [-0.05, 0) is 23.3 Å². The van der Waals surface area contributed by atoms with Crippen LogP contribution in [0.3, 0.4) is 0 Å². The maximum atomic E-state index is 13.6. The van der Waals surface area contributed by atoms with Crippen LogP contribution in [0.1, 0.15) is 37.8 Å². The van der Waals surface area contributed by atoms with Crippen molar-refractivity contribution >= 4 is 11.7 Å². The Morgan fingerprint density at radius 3 is 2.15 bits per heavy atom. The van der Waals surface area contributed by atoms with Crippen molar-refractivity contribution in [3.63, 3.8) is 0 Å². The molecular formula is C24H19NO2. The van der Waals surface area contributed by atoms with Crippen LogP contribution in [-0.4, -0.2) is 11.7 Å². The molecule has 0 aromatic heterocycles. The van der Waals surface area contributed by atoms with Gasteiger partial charge >= 0.3 is 0 Å². The third kappa shape index (κ3) is 2.59. The van der Waals surface area contributed by atoms with Crippen LogP contribution in [0.4, 0.5) is 0 Å². The summed E-state index contributed by atoms with van der Waals surface area (Å²) < 4.78 is 0. The van der Waals surface area contributed by atoms with E-state index < -0.39 is 5.54 Å². The molecule has 0 saturated carbocycles. The Morgan fingerprint density at radius 2 is 1.48 bits per heavy atom. The van der Waals surface area contributed by atoms with E-state index in [1.54, 1.807) is 30.3 Å². The quantitative estimate of drug-likeness (QED) is 0.703. The van der Waals surface area contributed by atoms with E-state index in [0.29, 0.717) is 11.1 Å². The van der Waals surface area contributed by atoms with Crippen LogP contribution in [0.15, 0.2) is 97.6 Å². The molecule has 2 unspecified atom stereocenters. The molecular weight excluding hydrogens is 334 g/mol. The van der Waals surface area contributed by atoms with Crippen molar-refractivity contribution in [3.05, 3.63) is 120 Å². The lowest BCUT2D eigenvalue weighted by Crippen LogP contribution is -2.52. The average molecular weight is 353 g/mol. The first-order valence-electron chi connectivity index (χ1n) is 8.88. The first-order chi connectivity index (χ1) is 13.2. The number of Topliss-reactive ketones (excluding diaryl/α,β-unsaturated/α-hetero) is 1. The molecule has 0 fully saturated rings. The number of nitrogens with one attached hydrogen (secondary N) is 1. The molecule has 0 saturated heterocycles. The summed E-state index contributed by atoms with van der Waals surface area (Å²) in [6.07, 6.45) is 1.75. The molecule has 0 aliphatic heterocycles. The lowest BCUT2D eigenvalue weighted by Gasteiger charge is -2.34. The van der Waals surface area contributed by atoms with Gasteiger partial charge < -0.3 is 5.32 Å². The lowest BCUT2D eigenvalue weighted by atomic mass is 9.77. The summed E-state index contributed by atoms with van der Waals surface area (Å²) in [6.45, 7) is 3.97. The minimum atomic E-state index is -1.21. The maximum absolute atomic E-state index is 13.6. The normalized spacial score (nSPS) is 20.7. The summed E-state index contributed by atoms with van der Waals surface area (Å²) in [6, 6.07) is 25.8. The van der Waals surface area contributed by atoms with E-state index in [-0.39, 0.29) is 17.6 Å². The summed E-state index contributed by atoms with van der Waals surface area (Å²) in [5.41, 5.74) is 1.56. The number of ketones is 1. The van der Waals surface area contributed by atoms with Crippen molar-refractivity contribution in [1.29, 1.82) is 0 Å². The zero-order valence-corrected chi connectivity index (χ0v) is 14.8. The van der Waals surface area contributed by atoms with Crippen molar-refractivity contribution in [1.82, 2.24) is 5.32 Å². The fourth-order valence-corrected chi connectivity index (χ4v) is 3.92. The highest BCUT2D eigenvalue weighted by Gasteiger charge is 2.54. The van der Waals surface area contributed by atoms with Crippen LogP contribution in [-0.2, 0) is 5.54 Å². The van der Waals surface area contributed by atoms with Crippen LogP contribution >= 0.6 is 0 Å². The topological polar surface area (TPSA) is 46.2 Å². The monoisotopic (exact) mass is 353 g/mol. The standard InChI is InChI=1S/C24H19NO2/c1-2-21-19-15-9-10-16-20(19)22(26)24(21,18-13-7-4-8-14-18)25-23(27)17-11-5-3-6-12-17/h2-16,21H,1H2,(H,25,27). The molecule has 0 heterocycles. The van der Waals surface area contributed by atoms with Gasteiger partial charge in [0.05, 0.1) is 0 Å². The van der Waals surface area contributed by atoms with Crippen LogP contribution < -0.4 is 5.32 Å². The Balaban J connectivity index is 1.90. The lowest BCUT2D eigenvalue weighted by molar-refractivity contribution is 0.0767. The molecule has 0 radical (unpaired) electrons. The van der Waals surface area contributed by atoms with Crippen molar-refractivity contribution < 1.29 is 9.59 Å². The number of fused-ring (bicyclic) bond motifs is 1. The third-order valence-corrected chi connectivity index (χ3v) is 5.18. The van der Waals surface area contributed by atoms with Gasteiger partial charge in [-0.25, -0.2) is 0 Å². The Morgan fingerprint density at radius 1 is 0.889 bits per heavy atom. The first-order valence-corrected chi connectivity index (χ1v) is 8.88. The summed E-state index contributed by atoms with van der Waals surface area (Å²) >= 11 is 0. The van der Waals surface area contributed by atoms with Crippen molar-refractivity contribution in [2.45, 2.75) is 11.5 Å². The van der Waals surface area contributed by atoms with E-state index in [9.17, 15) is 9.59 Å². The Bertz CT molecular complexity index is 1010. The Kier molecular flexibility index (Phi) is 4.21. The van der Waals surface area contributed by atoms with Gasteiger partial charge in [0.2, 0.25) is 0 Å². The average Bonchev–Trinajstić information content (AvgIpc) is 2.98. The summed E-state index contributed by atoms with van der Waals surface area (Å²) in [5.74, 6) is -0.748. The van der Waals surface area contributed by atoms with Gasteiger partial charge in [-0.3, -0.25) is 9.59 Å². The van der Waals surface area contributed by atoms with Gasteiger partial charge in [-0.1, -0.05) is 78.9 Å². The van der Waals surface area contributed by atoms with E-state index in [1.807, 2.05) is 60.7 Å². The molecule has 1 aliphatic carbocycles. The second-order valence-corrected chi connectivity index (χ2v) is 6.62. The minimum absolute atomic E-state index is 0.113. The molecule has 1 N–H and O–H groups in total. The molecule has 3 nitrogen and oxygen atoms in total. The fourth-order valence-electron chi connectivity index (χ4n) is 3.92. The van der Waals surface area contributed by atoms with Crippen LogP contribution in [0.2, 0.25) is 0 Å². The molecule has 1 aliphatic rings. The summed E-state index contributed by atoms with van der Waals surface area (Å²) in [4.78, 5) is 26.6. The van der Waals surface area contributed by atoms with Crippen molar-refractivity contribution in [2.24, 2.45) is 0 Å². The highest BCUT2D eigenvalue weighted by Crippen LogP contribution is 2.48. The highest BCUT2D eigenvalue weighted by atomic mass is 16.2. The van der Waals surface area contributed by atoms with Crippen LogP contribution in [0.5, 0.6) is 0 Å². The van der Waals surface area contributed by atoms with Gasteiger partial charge in [-0.2, -0.15) is 0 Å². The fraction of sp³-hybridized carbons (Fsp3) is 0.0833. The van der Waals surface area contributed by atoms with E-state index in [0.717, 1.165) is 11.1 Å². The number of hydrogen-bond donors (Lipinski definition) is 1. The first kappa shape index (κ1) is 17.0. The molecule has 0 spiro atoms. The predicted octanol–water partition coefficient (Wildman–Crippen LogP) is 4.48. The Labute approximate surface area is 158 Å². The zero-order chi connectivity index (χ0) is 18.9. The van der Waals surface area contributed by atoms with Gasteiger partial charge in [0.1, 0.15) is 5.54 Å². The van der Waals surface area contributed by atoms with Gasteiger partial charge in [0, 0.05) is 17.0 Å². The van der Waals surface area contributed by atoms with Crippen molar-refractivity contribution in [2.75, 3.05) is 0 Å². The molecule has 132 valence electrons. The number of amides is 1. The van der Waals surface area contributed by atoms with Gasteiger partial charge in [0.15, 0.2) is 5.78 Å². The SMILES string of the molecule is C=CC1c2ccccc2C(=O)C1(NC(=O)c1ccccc1)c1ccccc1. The molecule has 3 heteroatoms. The minimum Gasteiger partial charge on any atom is -0.334 e. The maximum Gasteiger partial charge on any atom is 0.252 e. The van der Waals surface area contributed by atoms with Crippen LogP contribution in [0.25, 0.3) is 0 Å². The largest absolute Gasteiger partial charge is 0.334 e. The highest BCUT2D eigenvalue weighted by molar-refractivity contribution is 6.12. The smallest absolute Gasteiger partial charge is 0.252 e.